The number of allylic oxidation sites excluding steroid dienone is 2. The molecule has 3 aliphatic carbocycles. The van der Waals surface area contributed by atoms with E-state index in [0.29, 0.717) is 0 Å². The van der Waals surface area contributed by atoms with Crippen LogP contribution in [0.1, 0.15) is 38.5 Å². The Balaban J connectivity index is 1.89. The molecule has 0 aromatic rings. The molecule has 0 heteroatoms. The first-order valence-corrected chi connectivity index (χ1v) is 5.63. The van der Waals surface area contributed by atoms with Crippen molar-refractivity contribution in [1.29, 1.82) is 0 Å². The van der Waals surface area contributed by atoms with Crippen LogP contribution in [0.25, 0.3) is 0 Å². The van der Waals surface area contributed by atoms with Crippen molar-refractivity contribution in [3.05, 3.63) is 12.2 Å². The molecule has 0 nitrogen and oxygen atoms in total. The molecule has 0 bridgehead atoms. The van der Waals surface area contributed by atoms with E-state index in [0.717, 1.165) is 23.7 Å². The summed E-state index contributed by atoms with van der Waals surface area (Å²) in [5, 5.41) is 0. The molecule has 0 aromatic heterocycles. The smallest absolute Gasteiger partial charge is 0.0202 e. The van der Waals surface area contributed by atoms with Crippen LogP contribution < -0.4 is 0 Å². The van der Waals surface area contributed by atoms with Gasteiger partial charge < -0.3 is 0 Å². The second-order valence-corrected chi connectivity index (χ2v) is 4.90. The highest BCUT2D eigenvalue weighted by molar-refractivity contribution is 5.08. The van der Waals surface area contributed by atoms with Gasteiger partial charge in [0.05, 0.1) is 0 Å². The second kappa shape index (κ2) is 2.61. The zero-order valence-electron chi connectivity index (χ0n) is 7.71. The van der Waals surface area contributed by atoms with Gasteiger partial charge in [-0.1, -0.05) is 25.0 Å². The lowest BCUT2D eigenvalue weighted by molar-refractivity contribution is 0.244. The molecule has 0 radical (unpaired) electrons. The molecule has 4 atom stereocenters. The fourth-order valence-corrected chi connectivity index (χ4v) is 3.86. The third-order valence-electron chi connectivity index (χ3n) is 4.41. The van der Waals surface area contributed by atoms with Gasteiger partial charge in [-0.25, -0.2) is 0 Å². The Kier molecular flexibility index (Phi) is 1.56. The van der Waals surface area contributed by atoms with Crippen molar-refractivity contribution in [3.63, 3.8) is 0 Å². The number of hydrogen-bond acceptors (Lipinski definition) is 0. The van der Waals surface area contributed by atoms with Gasteiger partial charge in [0.1, 0.15) is 0 Å². The van der Waals surface area contributed by atoms with E-state index in [9.17, 15) is 0 Å². The van der Waals surface area contributed by atoms with Gasteiger partial charge in [-0.3, -0.25) is 0 Å². The van der Waals surface area contributed by atoms with Crippen molar-refractivity contribution >= 4 is 0 Å². The SMILES string of the molecule is C1=C[C@@H]2CCC[C@H]2[C@@H]2CCC[C@@H]12. The lowest BCUT2D eigenvalue weighted by Crippen LogP contribution is -2.24. The van der Waals surface area contributed by atoms with Crippen LogP contribution in [0.2, 0.25) is 0 Å². The number of hydrogen-bond donors (Lipinski definition) is 0. The Morgan fingerprint density at radius 3 is 1.67 bits per heavy atom. The van der Waals surface area contributed by atoms with Crippen molar-refractivity contribution in [2.45, 2.75) is 38.5 Å². The number of fused-ring (bicyclic) bond motifs is 3. The van der Waals surface area contributed by atoms with Crippen LogP contribution in [-0.4, -0.2) is 0 Å². The summed E-state index contributed by atoms with van der Waals surface area (Å²) in [4.78, 5) is 0. The molecule has 0 aromatic carbocycles. The first-order valence-electron chi connectivity index (χ1n) is 5.63. The van der Waals surface area contributed by atoms with Crippen LogP contribution in [0.4, 0.5) is 0 Å². The molecular weight excluding hydrogens is 144 g/mol. The summed E-state index contributed by atoms with van der Waals surface area (Å²) >= 11 is 0. The Morgan fingerprint density at radius 2 is 1.17 bits per heavy atom. The Labute approximate surface area is 75.0 Å². The Bertz CT molecular complexity index is 182. The minimum absolute atomic E-state index is 0.990. The molecule has 0 aliphatic heterocycles. The molecule has 3 aliphatic rings. The molecule has 0 heterocycles. The van der Waals surface area contributed by atoms with E-state index in [1.165, 1.54) is 38.5 Å². The zero-order valence-corrected chi connectivity index (χ0v) is 7.71. The Hall–Kier alpha value is -0.260. The highest BCUT2D eigenvalue weighted by atomic mass is 14.4. The van der Waals surface area contributed by atoms with E-state index >= 15 is 0 Å². The van der Waals surface area contributed by atoms with Crippen LogP contribution in [0.5, 0.6) is 0 Å². The van der Waals surface area contributed by atoms with Gasteiger partial charge in [-0.2, -0.15) is 0 Å². The minimum Gasteiger partial charge on any atom is -0.0848 e. The van der Waals surface area contributed by atoms with E-state index in [2.05, 4.69) is 12.2 Å². The maximum absolute atomic E-state index is 2.55. The molecule has 12 heavy (non-hydrogen) atoms. The summed E-state index contributed by atoms with van der Waals surface area (Å²) in [6, 6.07) is 0. The Morgan fingerprint density at radius 1 is 0.667 bits per heavy atom. The molecule has 0 N–H and O–H groups in total. The predicted octanol–water partition coefficient (Wildman–Crippen LogP) is 3.39. The average molecular weight is 162 g/mol. The summed E-state index contributed by atoms with van der Waals surface area (Å²) < 4.78 is 0. The summed E-state index contributed by atoms with van der Waals surface area (Å²) in [6.07, 6.45) is 14.2. The number of rotatable bonds is 0. The standard InChI is InChI=1S/C12H18/c1-3-9-7-8-10-4-2-6-12(10)11(9)5-1/h7-12H,1-6H2/t9-,10-,11+,12+/m0/s1. The van der Waals surface area contributed by atoms with E-state index in [4.69, 9.17) is 0 Å². The second-order valence-electron chi connectivity index (χ2n) is 4.90. The van der Waals surface area contributed by atoms with Crippen LogP contribution in [0.3, 0.4) is 0 Å². The van der Waals surface area contributed by atoms with E-state index < -0.39 is 0 Å². The zero-order chi connectivity index (χ0) is 7.97. The first kappa shape index (κ1) is 7.17. The van der Waals surface area contributed by atoms with E-state index in [1.807, 2.05) is 0 Å². The van der Waals surface area contributed by atoms with Crippen molar-refractivity contribution < 1.29 is 0 Å². The van der Waals surface area contributed by atoms with Crippen LogP contribution in [0.15, 0.2) is 12.2 Å². The monoisotopic (exact) mass is 162 g/mol. The predicted molar refractivity (Wildman–Crippen MR) is 50.8 cm³/mol. The molecule has 3 rings (SSSR count). The van der Waals surface area contributed by atoms with E-state index in [1.54, 1.807) is 0 Å². The first-order chi connectivity index (χ1) is 5.95. The summed E-state index contributed by atoms with van der Waals surface area (Å²) in [5.41, 5.74) is 0. The molecule has 0 saturated heterocycles. The third kappa shape index (κ3) is 0.901. The maximum atomic E-state index is 2.55. The molecule has 0 amide bonds. The van der Waals surface area contributed by atoms with Gasteiger partial charge in [0.15, 0.2) is 0 Å². The van der Waals surface area contributed by atoms with Crippen molar-refractivity contribution in [2.75, 3.05) is 0 Å². The normalized spacial score (nSPS) is 50.7. The topological polar surface area (TPSA) is 0 Å². The highest BCUT2D eigenvalue weighted by Crippen LogP contribution is 2.50. The van der Waals surface area contributed by atoms with Crippen LogP contribution in [-0.2, 0) is 0 Å². The van der Waals surface area contributed by atoms with Crippen molar-refractivity contribution in [3.8, 4) is 0 Å². The van der Waals surface area contributed by atoms with Crippen molar-refractivity contribution in [1.82, 2.24) is 0 Å². The fraction of sp³-hybridized carbons (Fsp3) is 0.833. The average Bonchev–Trinajstić information content (AvgIpc) is 2.71. The molecule has 0 unspecified atom stereocenters. The maximum Gasteiger partial charge on any atom is -0.0202 e. The van der Waals surface area contributed by atoms with E-state index in [-0.39, 0.29) is 0 Å². The van der Waals surface area contributed by atoms with Crippen LogP contribution in [0, 0.1) is 23.7 Å². The highest BCUT2D eigenvalue weighted by Gasteiger charge is 2.40. The molecule has 66 valence electrons. The molecule has 0 spiro atoms. The third-order valence-corrected chi connectivity index (χ3v) is 4.41. The van der Waals surface area contributed by atoms with Crippen LogP contribution >= 0.6 is 0 Å². The van der Waals surface area contributed by atoms with Gasteiger partial charge in [-0.05, 0) is 49.4 Å². The summed E-state index contributed by atoms with van der Waals surface area (Å²) in [6.45, 7) is 0. The summed E-state index contributed by atoms with van der Waals surface area (Å²) in [5.74, 6) is 4.18. The molecule has 2 fully saturated rings. The van der Waals surface area contributed by atoms with Gasteiger partial charge in [0, 0.05) is 0 Å². The van der Waals surface area contributed by atoms with Gasteiger partial charge >= 0.3 is 0 Å². The quantitative estimate of drug-likeness (QED) is 0.479. The van der Waals surface area contributed by atoms with Gasteiger partial charge in [-0.15, -0.1) is 0 Å². The molecular formula is C12H18. The van der Waals surface area contributed by atoms with Gasteiger partial charge in [0.25, 0.3) is 0 Å². The fourth-order valence-electron chi connectivity index (χ4n) is 3.86. The van der Waals surface area contributed by atoms with Gasteiger partial charge in [0.2, 0.25) is 0 Å². The summed E-state index contributed by atoms with van der Waals surface area (Å²) in [7, 11) is 0. The largest absolute Gasteiger partial charge is 0.0848 e. The lowest BCUT2D eigenvalue weighted by atomic mass is 9.74. The lowest BCUT2D eigenvalue weighted by Gasteiger charge is -2.31. The van der Waals surface area contributed by atoms with Crippen molar-refractivity contribution in [2.24, 2.45) is 23.7 Å². The molecule has 2 saturated carbocycles. The minimum atomic E-state index is 0.990.